The monoisotopic (exact) mass is 548 g/mol. The highest BCUT2D eigenvalue weighted by molar-refractivity contribution is 5.90. The van der Waals surface area contributed by atoms with Gasteiger partial charge >= 0.3 is 12.1 Å². The summed E-state index contributed by atoms with van der Waals surface area (Å²) < 4.78 is 54.3. The predicted octanol–water partition coefficient (Wildman–Crippen LogP) is 4.66. The largest absolute Gasteiger partial charge is 0.490 e. The van der Waals surface area contributed by atoms with Gasteiger partial charge in [-0.05, 0) is 48.1 Å². The Hall–Kier alpha value is -4.36. The molecule has 1 fully saturated rings. The number of rotatable bonds is 5. The molecular formula is C25H24F4N6O4. The molecule has 0 saturated heterocycles. The Morgan fingerprint density at radius 2 is 1.87 bits per heavy atom. The second kappa shape index (κ2) is 10.4. The van der Waals surface area contributed by atoms with Crippen molar-refractivity contribution in [3.8, 4) is 11.3 Å². The maximum absolute atomic E-state index is 15.7. The topological polar surface area (TPSA) is 136 Å². The summed E-state index contributed by atoms with van der Waals surface area (Å²) in [6.07, 6.45) is -0.0204. The lowest BCUT2D eigenvalue weighted by molar-refractivity contribution is -0.192. The van der Waals surface area contributed by atoms with Crippen molar-refractivity contribution in [1.82, 2.24) is 30.1 Å². The highest BCUT2D eigenvalue weighted by atomic mass is 19.4. The molecule has 5 rings (SSSR count). The van der Waals surface area contributed by atoms with E-state index in [1.807, 2.05) is 39.0 Å². The summed E-state index contributed by atoms with van der Waals surface area (Å²) in [6, 6.07) is 7.27. The fourth-order valence-corrected chi connectivity index (χ4v) is 3.73. The number of fused-ring (bicyclic) bond motifs is 1. The third-order valence-corrected chi connectivity index (χ3v) is 5.80. The van der Waals surface area contributed by atoms with E-state index in [2.05, 4.69) is 25.5 Å². The Morgan fingerprint density at radius 3 is 2.46 bits per heavy atom. The molecule has 1 aliphatic rings. The summed E-state index contributed by atoms with van der Waals surface area (Å²) in [7, 11) is 0. The number of aromatic nitrogens is 5. The van der Waals surface area contributed by atoms with Gasteiger partial charge in [-0.1, -0.05) is 32.0 Å². The molecule has 0 atom stereocenters. The van der Waals surface area contributed by atoms with E-state index in [1.54, 1.807) is 16.8 Å². The van der Waals surface area contributed by atoms with Crippen LogP contribution in [-0.4, -0.2) is 47.9 Å². The maximum Gasteiger partial charge on any atom is 0.490 e. The first kappa shape index (κ1) is 27.7. The molecular weight excluding hydrogens is 524 g/mol. The number of alkyl halides is 3. The van der Waals surface area contributed by atoms with E-state index in [0.717, 1.165) is 23.9 Å². The second-order valence-corrected chi connectivity index (χ2v) is 9.88. The number of nitrogens with one attached hydrogen (secondary N) is 1. The first-order chi connectivity index (χ1) is 18.3. The Morgan fingerprint density at radius 1 is 1.18 bits per heavy atom. The number of halogens is 4. The Balaban J connectivity index is 0.000000448. The molecule has 1 amide bonds. The van der Waals surface area contributed by atoms with Gasteiger partial charge in [-0.15, -0.1) is 0 Å². The van der Waals surface area contributed by atoms with E-state index < -0.39 is 18.1 Å². The molecule has 14 heteroatoms. The molecule has 0 spiro atoms. The summed E-state index contributed by atoms with van der Waals surface area (Å²) in [6.45, 7) is 5.95. The number of aliphatic carboxylic acids is 1. The van der Waals surface area contributed by atoms with Crippen molar-refractivity contribution in [3.63, 3.8) is 0 Å². The molecule has 10 nitrogen and oxygen atoms in total. The molecule has 3 heterocycles. The fourth-order valence-electron chi connectivity index (χ4n) is 3.73. The molecule has 39 heavy (non-hydrogen) atoms. The molecule has 3 aromatic heterocycles. The second-order valence-electron chi connectivity index (χ2n) is 9.88. The number of carboxylic acids is 1. The highest BCUT2D eigenvalue weighted by Gasteiger charge is 2.38. The number of benzene rings is 1. The van der Waals surface area contributed by atoms with E-state index in [0.29, 0.717) is 22.7 Å². The van der Waals surface area contributed by atoms with Crippen LogP contribution in [0.25, 0.3) is 16.8 Å². The van der Waals surface area contributed by atoms with Gasteiger partial charge in [0.1, 0.15) is 17.8 Å². The zero-order valence-corrected chi connectivity index (χ0v) is 21.1. The van der Waals surface area contributed by atoms with E-state index in [4.69, 9.17) is 14.4 Å². The zero-order valence-electron chi connectivity index (χ0n) is 21.1. The number of carboxylic acid groups (broad SMARTS) is 1. The molecule has 4 aromatic rings. The molecule has 0 aliphatic heterocycles. The van der Waals surface area contributed by atoms with Crippen LogP contribution in [0.1, 0.15) is 67.2 Å². The van der Waals surface area contributed by atoms with Crippen molar-refractivity contribution < 1.29 is 36.8 Å². The minimum Gasteiger partial charge on any atom is -0.475 e. The lowest BCUT2D eigenvalue weighted by Crippen LogP contribution is -2.25. The van der Waals surface area contributed by atoms with E-state index in [1.165, 1.54) is 6.33 Å². The normalized spacial score (nSPS) is 13.6. The number of hydrogen-bond donors (Lipinski definition) is 2. The predicted molar refractivity (Wildman–Crippen MR) is 128 cm³/mol. The number of carbonyl (C=O) groups excluding carboxylic acids is 1. The van der Waals surface area contributed by atoms with Crippen molar-refractivity contribution in [1.29, 1.82) is 0 Å². The van der Waals surface area contributed by atoms with Gasteiger partial charge in [0.15, 0.2) is 0 Å². The van der Waals surface area contributed by atoms with Gasteiger partial charge in [-0.25, -0.2) is 18.7 Å². The summed E-state index contributed by atoms with van der Waals surface area (Å²) in [4.78, 5) is 29.9. The van der Waals surface area contributed by atoms with Crippen LogP contribution in [0, 0.1) is 5.82 Å². The lowest BCUT2D eigenvalue weighted by Gasteiger charge is -2.14. The van der Waals surface area contributed by atoms with Crippen molar-refractivity contribution in [2.24, 2.45) is 0 Å². The number of hydrogen-bond acceptors (Lipinski definition) is 7. The molecule has 0 bridgehead atoms. The van der Waals surface area contributed by atoms with Gasteiger partial charge < -0.3 is 14.9 Å². The summed E-state index contributed by atoms with van der Waals surface area (Å²) in [5.41, 5.74) is 2.73. The van der Waals surface area contributed by atoms with E-state index in [9.17, 15) is 18.0 Å². The smallest absolute Gasteiger partial charge is 0.475 e. The first-order valence-corrected chi connectivity index (χ1v) is 11.8. The van der Waals surface area contributed by atoms with Gasteiger partial charge in [0.25, 0.3) is 11.7 Å². The number of amides is 1. The average molecular weight is 548 g/mol. The molecule has 0 unspecified atom stereocenters. The van der Waals surface area contributed by atoms with Gasteiger partial charge in [0, 0.05) is 23.7 Å². The lowest BCUT2D eigenvalue weighted by atomic mass is 9.97. The van der Waals surface area contributed by atoms with Crippen LogP contribution < -0.4 is 5.32 Å². The fraction of sp³-hybridized carbons (Fsp3) is 0.360. The van der Waals surface area contributed by atoms with Crippen LogP contribution in [0.3, 0.4) is 0 Å². The Labute approximate surface area is 219 Å². The first-order valence-electron chi connectivity index (χ1n) is 11.8. The third-order valence-electron chi connectivity index (χ3n) is 5.80. The molecule has 2 N–H and O–H groups in total. The van der Waals surface area contributed by atoms with Crippen molar-refractivity contribution >= 4 is 17.4 Å². The minimum atomic E-state index is -5.08. The standard InChI is InChI=1S/C23H23FN6O2.C2HF3O2/c1-23(2,3)22-28-20(29-32-22)21(31)25-11-14-8-9-15(18(24)17(14)13-6-7-13)19-16-5-4-10-30(16)27-12-26-19;3-2(4,5)1(6)7/h4-5,8-10,12-13H,6-7,11H2,1-3H3,(H,25,31);(H,6,7). The molecule has 0 radical (unpaired) electrons. The van der Waals surface area contributed by atoms with Crippen LogP contribution in [-0.2, 0) is 16.8 Å². The molecule has 206 valence electrons. The van der Waals surface area contributed by atoms with Crippen LogP contribution in [0.15, 0.2) is 41.3 Å². The SMILES string of the molecule is CC(C)(C)c1nc(C(=O)NCc2ccc(-c3ncnn4cccc34)c(F)c2C2CC2)no1.O=C(O)C(F)(F)F. The third kappa shape index (κ3) is 6.21. The summed E-state index contributed by atoms with van der Waals surface area (Å²) in [5, 5.41) is 17.8. The van der Waals surface area contributed by atoms with Gasteiger partial charge in [-0.2, -0.15) is 23.3 Å². The summed E-state index contributed by atoms with van der Waals surface area (Å²) in [5.74, 6) is -3.01. The molecule has 1 saturated carbocycles. The summed E-state index contributed by atoms with van der Waals surface area (Å²) >= 11 is 0. The quantitative estimate of drug-likeness (QED) is 0.344. The van der Waals surface area contributed by atoms with Gasteiger partial charge in [0.2, 0.25) is 5.89 Å². The Kier molecular flexibility index (Phi) is 7.39. The van der Waals surface area contributed by atoms with Gasteiger partial charge in [0.05, 0.1) is 5.52 Å². The van der Waals surface area contributed by atoms with Crippen LogP contribution in [0.4, 0.5) is 17.6 Å². The van der Waals surface area contributed by atoms with Crippen molar-refractivity contribution in [2.45, 2.75) is 57.7 Å². The molecule has 1 aromatic carbocycles. The molecule has 1 aliphatic carbocycles. The average Bonchev–Trinajstić information content (AvgIpc) is 3.35. The zero-order chi connectivity index (χ0) is 28.5. The van der Waals surface area contributed by atoms with Crippen LogP contribution in [0.2, 0.25) is 0 Å². The van der Waals surface area contributed by atoms with E-state index >= 15 is 4.39 Å². The van der Waals surface area contributed by atoms with Crippen LogP contribution >= 0.6 is 0 Å². The highest BCUT2D eigenvalue weighted by Crippen LogP contribution is 2.45. The van der Waals surface area contributed by atoms with Crippen LogP contribution in [0.5, 0.6) is 0 Å². The number of nitrogens with zero attached hydrogens (tertiary/aromatic N) is 5. The van der Waals surface area contributed by atoms with Crippen molar-refractivity contribution in [2.75, 3.05) is 0 Å². The minimum absolute atomic E-state index is 0.0309. The van der Waals surface area contributed by atoms with Crippen molar-refractivity contribution in [3.05, 3.63) is 65.4 Å². The van der Waals surface area contributed by atoms with E-state index in [-0.39, 0.29) is 29.5 Å². The Bertz CT molecular complexity index is 1520. The number of carbonyl (C=O) groups is 2. The van der Waals surface area contributed by atoms with Gasteiger partial charge in [-0.3, -0.25) is 4.79 Å². The maximum atomic E-state index is 15.7.